The molecular formula is C10H12BNO4S. The number of hydrogen-bond acceptors (Lipinski definition) is 6. The first kappa shape index (κ1) is 12.1. The number of likely N-dealkylation sites (N-methyl/N-ethyl adjacent to an activating group) is 1. The van der Waals surface area contributed by atoms with Crippen LogP contribution < -0.4 is 4.78 Å². The maximum atomic E-state index is 11.5. The molecule has 0 atom stereocenters. The number of aryl methyl sites for hydroxylation is 1. The fourth-order valence-electron chi connectivity index (χ4n) is 1.57. The van der Waals surface area contributed by atoms with E-state index in [1.807, 2.05) is 18.4 Å². The molecule has 0 aliphatic carbocycles. The summed E-state index contributed by atoms with van der Waals surface area (Å²) in [5.41, 5.74) is 0.953. The van der Waals surface area contributed by atoms with Crippen molar-refractivity contribution in [1.82, 2.24) is 4.90 Å². The molecule has 1 aromatic heterocycles. The van der Waals surface area contributed by atoms with Crippen molar-refractivity contribution >= 4 is 35.2 Å². The standard InChI is InChI=1S/C10H12BNO4S/c1-7-3-4-17-10(7)11-15-8(13)5-12(2)6-9(14)16-11/h3-4H,5-6H2,1-2H3. The van der Waals surface area contributed by atoms with Gasteiger partial charge in [0.15, 0.2) is 0 Å². The normalized spacial score (nSPS) is 18.4. The van der Waals surface area contributed by atoms with Gasteiger partial charge in [-0.15, -0.1) is 11.3 Å². The van der Waals surface area contributed by atoms with Gasteiger partial charge in [0.05, 0.1) is 17.9 Å². The minimum atomic E-state index is -0.899. The monoisotopic (exact) mass is 253 g/mol. The largest absolute Gasteiger partial charge is 0.647 e. The molecule has 0 unspecified atom stereocenters. The van der Waals surface area contributed by atoms with Gasteiger partial charge < -0.3 is 9.31 Å². The third-order valence-corrected chi connectivity index (χ3v) is 3.43. The maximum Gasteiger partial charge on any atom is 0.647 e. The minimum Gasteiger partial charge on any atom is -0.494 e. The smallest absolute Gasteiger partial charge is 0.494 e. The molecule has 5 nitrogen and oxygen atoms in total. The summed E-state index contributed by atoms with van der Waals surface area (Å²) in [6.07, 6.45) is 0. The summed E-state index contributed by atoms with van der Waals surface area (Å²) >= 11 is 1.41. The fraction of sp³-hybridized carbons (Fsp3) is 0.400. The Morgan fingerprint density at radius 1 is 1.29 bits per heavy atom. The summed E-state index contributed by atoms with van der Waals surface area (Å²) in [6, 6.07) is 1.90. The van der Waals surface area contributed by atoms with Gasteiger partial charge in [0.2, 0.25) is 0 Å². The number of carbonyl (C=O) groups excluding carboxylic acids is 2. The van der Waals surface area contributed by atoms with Crippen LogP contribution in [0.25, 0.3) is 0 Å². The van der Waals surface area contributed by atoms with Crippen LogP contribution in [-0.4, -0.2) is 44.1 Å². The first-order chi connectivity index (χ1) is 8.06. The Bertz CT molecular complexity index is 427. The van der Waals surface area contributed by atoms with Gasteiger partial charge >= 0.3 is 19.1 Å². The van der Waals surface area contributed by atoms with Gasteiger partial charge in [-0.25, -0.2) is 0 Å². The predicted molar refractivity (Wildman–Crippen MR) is 64.1 cm³/mol. The van der Waals surface area contributed by atoms with Crippen molar-refractivity contribution < 1.29 is 18.9 Å². The summed E-state index contributed by atoms with van der Waals surface area (Å²) in [4.78, 5) is 24.6. The van der Waals surface area contributed by atoms with Gasteiger partial charge in [0.1, 0.15) is 0 Å². The Labute approximate surface area is 103 Å². The number of carbonyl (C=O) groups is 2. The molecule has 7 heteroatoms. The van der Waals surface area contributed by atoms with Crippen molar-refractivity contribution in [3.63, 3.8) is 0 Å². The zero-order valence-electron chi connectivity index (χ0n) is 9.63. The van der Waals surface area contributed by atoms with E-state index in [1.54, 1.807) is 11.9 Å². The lowest BCUT2D eigenvalue weighted by molar-refractivity contribution is -0.145. The second kappa shape index (κ2) is 4.89. The topological polar surface area (TPSA) is 55.8 Å². The van der Waals surface area contributed by atoms with Gasteiger partial charge in [0, 0.05) is 0 Å². The molecule has 1 aliphatic rings. The van der Waals surface area contributed by atoms with E-state index in [0.717, 1.165) is 10.3 Å². The molecule has 0 saturated carbocycles. The molecule has 17 heavy (non-hydrogen) atoms. The lowest BCUT2D eigenvalue weighted by Gasteiger charge is -2.22. The molecular weight excluding hydrogens is 241 g/mol. The summed E-state index contributed by atoms with van der Waals surface area (Å²) < 4.78 is 11.0. The molecule has 0 radical (unpaired) electrons. The fourth-order valence-corrected chi connectivity index (χ4v) is 2.45. The molecule has 90 valence electrons. The van der Waals surface area contributed by atoms with Crippen LogP contribution in [0.3, 0.4) is 0 Å². The summed E-state index contributed by atoms with van der Waals surface area (Å²) in [5, 5.41) is 1.87. The summed E-state index contributed by atoms with van der Waals surface area (Å²) in [5.74, 6) is -0.782. The molecule has 2 rings (SSSR count). The first-order valence-corrected chi connectivity index (χ1v) is 6.05. The van der Waals surface area contributed by atoms with Crippen molar-refractivity contribution in [2.45, 2.75) is 6.92 Å². The Morgan fingerprint density at radius 2 is 1.88 bits per heavy atom. The molecule has 1 aliphatic heterocycles. The number of hydrogen-bond donors (Lipinski definition) is 0. The quantitative estimate of drug-likeness (QED) is 0.648. The van der Waals surface area contributed by atoms with Crippen molar-refractivity contribution in [1.29, 1.82) is 0 Å². The van der Waals surface area contributed by atoms with Crippen LogP contribution >= 0.6 is 11.3 Å². The molecule has 0 spiro atoms. The second-order valence-electron chi connectivity index (χ2n) is 3.95. The van der Waals surface area contributed by atoms with Gasteiger partial charge in [-0.3, -0.25) is 14.5 Å². The molecule has 2 heterocycles. The van der Waals surface area contributed by atoms with E-state index in [9.17, 15) is 9.59 Å². The van der Waals surface area contributed by atoms with Crippen LogP contribution in [0, 0.1) is 6.92 Å². The van der Waals surface area contributed by atoms with Crippen LogP contribution in [0.15, 0.2) is 11.4 Å². The van der Waals surface area contributed by atoms with E-state index < -0.39 is 19.1 Å². The van der Waals surface area contributed by atoms with Crippen molar-refractivity contribution in [2.75, 3.05) is 20.1 Å². The van der Waals surface area contributed by atoms with Crippen LogP contribution in [0.5, 0.6) is 0 Å². The minimum absolute atomic E-state index is 0.0933. The van der Waals surface area contributed by atoms with Crippen LogP contribution in [0.2, 0.25) is 0 Å². The van der Waals surface area contributed by atoms with Gasteiger partial charge in [-0.2, -0.15) is 0 Å². The van der Waals surface area contributed by atoms with E-state index in [2.05, 4.69) is 0 Å². The second-order valence-corrected chi connectivity index (χ2v) is 4.90. The zero-order chi connectivity index (χ0) is 12.4. The van der Waals surface area contributed by atoms with Crippen molar-refractivity contribution in [3.05, 3.63) is 17.0 Å². The molecule has 1 saturated heterocycles. The molecule has 0 N–H and O–H groups in total. The first-order valence-electron chi connectivity index (χ1n) is 5.18. The van der Waals surface area contributed by atoms with Gasteiger partial charge in [-0.05, 0) is 31.0 Å². The molecule has 0 amide bonds. The molecule has 1 fully saturated rings. The van der Waals surface area contributed by atoms with E-state index in [4.69, 9.17) is 9.31 Å². The Balaban J connectivity index is 2.19. The van der Waals surface area contributed by atoms with Gasteiger partial charge in [-0.1, -0.05) is 0 Å². The highest BCUT2D eigenvalue weighted by Crippen LogP contribution is 2.08. The van der Waals surface area contributed by atoms with Crippen molar-refractivity contribution in [3.8, 4) is 0 Å². The highest BCUT2D eigenvalue weighted by molar-refractivity contribution is 7.21. The Morgan fingerprint density at radius 3 is 2.35 bits per heavy atom. The average Bonchev–Trinajstić information content (AvgIpc) is 2.60. The average molecular weight is 253 g/mol. The van der Waals surface area contributed by atoms with Crippen LogP contribution in [0.1, 0.15) is 5.56 Å². The van der Waals surface area contributed by atoms with Gasteiger partial charge in [0.25, 0.3) is 0 Å². The maximum absolute atomic E-state index is 11.5. The lowest BCUT2D eigenvalue weighted by Crippen LogP contribution is -2.47. The third kappa shape index (κ3) is 2.86. The number of thiophene rings is 1. The van der Waals surface area contributed by atoms with E-state index in [1.165, 1.54) is 11.3 Å². The summed E-state index contributed by atoms with van der Waals surface area (Å²) in [7, 11) is 0.767. The Kier molecular flexibility index (Phi) is 3.49. The molecule has 0 bridgehead atoms. The SMILES string of the molecule is Cc1ccsc1B1OC(=O)CN(C)CC(=O)O1. The highest BCUT2D eigenvalue weighted by atomic mass is 32.1. The van der Waals surface area contributed by atoms with Crippen molar-refractivity contribution in [2.24, 2.45) is 0 Å². The lowest BCUT2D eigenvalue weighted by atomic mass is 9.84. The zero-order valence-corrected chi connectivity index (χ0v) is 10.5. The van der Waals surface area contributed by atoms with E-state index in [-0.39, 0.29) is 13.1 Å². The van der Waals surface area contributed by atoms with E-state index >= 15 is 0 Å². The number of nitrogens with zero attached hydrogens (tertiary/aromatic N) is 1. The van der Waals surface area contributed by atoms with Crippen LogP contribution in [0.4, 0.5) is 0 Å². The highest BCUT2D eigenvalue weighted by Gasteiger charge is 2.35. The molecule has 0 aromatic carbocycles. The van der Waals surface area contributed by atoms with Crippen LogP contribution in [-0.2, 0) is 18.9 Å². The van der Waals surface area contributed by atoms with E-state index in [0.29, 0.717) is 0 Å². The number of rotatable bonds is 1. The Hall–Kier alpha value is -1.34. The third-order valence-electron chi connectivity index (χ3n) is 2.39. The molecule has 1 aromatic rings. The summed E-state index contributed by atoms with van der Waals surface area (Å²) in [6.45, 7) is 2.07. The predicted octanol–water partition coefficient (Wildman–Crippen LogP) is -0.216.